The first kappa shape index (κ1) is 11.3. The van der Waals surface area contributed by atoms with Crippen LogP contribution in [0.3, 0.4) is 0 Å². The van der Waals surface area contributed by atoms with Gasteiger partial charge in [-0.3, -0.25) is 4.79 Å². The molecule has 0 saturated heterocycles. The minimum Gasteiger partial charge on any atom is -0.360 e. The number of benzene rings is 1. The summed E-state index contributed by atoms with van der Waals surface area (Å²) in [5.41, 5.74) is 3.14. The second kappa shape index (κ2) is 4.81. The summed E-state index contributed by atoms with van der Waals surface area (Å²) >= 11 is 0. The van der Waals surface area contributed by atoms with Crippen LogP contribution in [0.1, 0.15) is 42.5 Å². The third kappa shape index (κ3) is 2.10. The standard InChI is InChI=1S/C16H17NO/c18-16(10-12-6-2-1-3-7-12)14-11-17-15-9-5-4-8-13(14)15/h4-5,8-11,17H,1-3,6-7H2. The Morgan fingerprint density at radius 3 is 2.72 bits per heavy atom. The highest BCUT2D eigenvalue weighted by Gasteiger charge is 2.12. The molecule has 0 aliphatic heterocycles. The van der Waals surface area contributed by atoms with Crippen LogP contribution in [0.4, 0.5) is 0 Å². The summed E-state index contributed by atoms with van der Waals surface area (Å²) in [5, 5.41) is 1.02. The molecule has 0 amide bonds. The normalized spacial score (nSPS) is 15.9. The summed E-state index contributed by atoms with van der Waals surface area (Å²) in [6, 6.07) is 7.95. The number of hydrogen-bond donors (Lipinski definition) is 1. The SMILES string of the molecule is O=C(C=C1CCCCC1)c1c[nH]c2ccccc12. The zero-order valence-corrected chi connectivity index (χ0v) is 10.4. The van der Waals surface area contributed by atoms with Gasteiger partial charge in [0.2, 0.25) is 0 Å². The van der Waals surface area contributed by atoms with Gasteiger partial charge in [0.25, 0.3) is 0 Å². The molecule has 0 radical (unpaired) electrons. The molecule has 18 heavy (non-hydrogen) atoms. The van der Waals surface area contributed by atoms with Gasteiger partial charge in [-0.1, -0.05) is 30.2 Å². The van der Waals surface area contributed by atoms with Gasteiger partial charge in [-0.25, -0.2) is 0 Å². The third-order valence-electron chi connectivity index (χ3n) is 3.69. The summed E-state index contributed by atoms with van der Waals surface area (Å²) < 4.78 is 0. The van der Waals surface area contributed by atoms with Crippen molar-refractivity contribution in [3.8, 4) is 0 Å². The number of aromatic nitrogens is 1. The minimum atomic E-state index is 0.143. The van der Waals surface area contributed by atoms with Gasteiger partial charge in [0, 0.05) is 22.7 Å². The molecule has 2 heteroatoms. The number of fused-ring (bicyclic) bond motifs is 1. The number of nitrogens with one attached hydrogen (secondary N) is 1. The van der Waals surface area contributed by atoms with Crippen LogP contribution < -0.4 is 0 Å². The number of carbonyl (C=O) groups is 1. The summed E-state index contributed by atoms with van der Waals surface area (Å²) in [4.78, 5) is 15.4. The van der Waals surface area contributed by atoms with Crippen LogP contribution in [0.5, 0.6) is 0 Å². The van der Waals surface area contributed by atoms with Crippen LogP contribution in [-0.4, -0.2) is 10.8 Å². The predicted molar refractivity (Wildman–Crippen MR) is 73.8 cm³/mol. The maximum atomic E-state index is 12.3. The van der Waals surface area contributed by atoms with Crippen LogP contribution in [0.2, 0.25) is 0 Å². The van der Waals surface area contributed by atoms with Crippen molar-refractivity contribution in [2.24, 2.45) is 0 Å². The number of ketones is 1. The first-order valence-corrected chi connectivity index (χ1v) is 6.64. The third-order valence-corrected chi connectivity index (χ3v) is 3.69. The topological polar surface area (TPSA) is 32.9 Å². The molecule has 0 spiro atoms. The van der Waals surface area contributed by atoms with E-state index in [1.807, 2.05) is 36.5 Å². The molecule has 2 nitrogen and oxygen atoms in total. The van der Waals surface area contributed by atoms with Gasteiger partial charge in [0.1, 0.15) is 0 Å². The molecular weight excluding hydrogens is 222 g/mol. The second-order valence-corrected chi connectivity index (χ2v) is 4.98. The number of H-pyrrole nitrogens is 1. The average Bonchev–Trinajstić information content (AvgIpc) is 2.84. The second-order valence-electron chi connectivity index (χ2n) is 4.98. The lowest BCUT2D eigenvalue weighted by atomic mass is 9.93. The van der Waals surface area contributed by atoms with Crippen molar-refractivity contribution in [2.75, 3.05) is 0 Å². The van der Waals surface area contributed by atoms with Gasteiger partial charge in [-0.15, -0.1) is 0 Å². The molecule has 0 unspecified atom stereocenters. The molecule has 1 heterocycles. The quantitative estimate of drug-likeness (QED) is 0.617. The lowest BCUT2D eigenvalue weighted by Gasteiger charge is -2.12. The van der Waals surface area contributed by atoms with Crippen molar-refractivity contribution in [3.63, 3.8) is 0 Å². The van der Waals surface area contributed by atoms with Crippen LogP contribution in [0.25, 0.3) is 10.9 Å². The summed E-state index contributed by atoms with van der Waals surface area (Å²) in [7, 11) is 0. The van der Waals surface area contributed by atoms with E-state index in [2.05, 4.69) is 4.98 Å². The Kier molecular flexibility index (Phi) is 3.01. The molecule has 3 rings (SSSR count). The van der Waals surface area contributed by atoms with Crippen molar-refractivity contribution in [1.29, 1.82) is 0 Å². The van der Waals surface area contributed by atoms with Crippen LogP contribution in [0.15, 0.2) is 42.1 Å². The van der Waals surface area contributed by atoms with E-state index >= 15 is 0 Å². The molecule has 1 N–H and O–H groups in total. The molecular formula is C16H17NO. The first-order valence-electron chi connectivity index (χ1n) is 6.64. The van der Waals surface area contributed by atoms with Crippen molar-refractivity contribution >= 4 is 16.7 Å². The van der Waals surface area contributed by atoms with Crippen LogP contribution in [0, 0.1) is 0 Å². The highest BCUT2D eigenvalue weighted by atomic mass is 16.1. The van der Waals surface area contributed by atoms with E-state index in [4.69, 9.17) is 0 Å². The summed E-state index contributed by atoms with van der Waals surface area (Å²) in [6.45, 7) is 0. The van der Waals surface area contributed by atoms with Gasteiger partial charge >= 0.3 is 0 Å². The Labute approximate surface area is 107 Å². The number of rotatable bonds is 2. The molecule has 92 valence electrons. The lowest BCUT2D eigenvalue weighted by molar-refractivity contribution is 0.104. The lowest BCUT2D eigenvalue weighted by Crippen LogP contribution is -1.99. The fourth-order valence-electron chi connectivity index (χ4n) is 2.69. The fraction of sp³-hybridized carbons (Fsp3) is 0.312. The maximum Gasteiger partial charge on any atom is 0.187 e. The first-order chi connectivity index (χ1) is 8.84. The molecule has 1 aliphatic rings. The number of aromatic amines is 1. The number of allylic oxidation sites excluding steroid dienone is 2. The zero-order valence-electron chi connectivity index (χ0n) is 10.4. The Hall–Kier alpha value is -1.83. The molecule has 1 fully saturated rings. The largest absolute Gasteiger partial charge is 0.360 e. The molecule has 0 bridgehead atoms. The Morgan fingerprint density at radius 2 is 1.89 bits per heavy atom. The van der Waals surface area contributed by atoms with E-state index in [1.54, 1.807) is 0 Å². The molecule has 0 atom stereocenters. The Bertz CT molecular complexity index is 598. The number of hydrogen-bond acceptors (Lipinski definition) is 1. The fourth-order valence-corrected chi connectivity index (χ4v) is 2.69. The van der Waals surface area contributed by atoms with E-state index < -0.39 is 0 Å². The molecule has 1 aromatic carbocycles. The van der Waals surface area contributed by atoms with E-state index in [-0.39, 0.29) is 5.78 Å². The maximum absolute atomic E-state index is 12.3. The number of carbonyl (C=O) groups excluding carboxylic acids is 1. The van der Waals surface area contributed by atoms with Gasteiger partial charge in [-0.2, -0.15) is 0 Å². The monoisotopic (exact) mass is 239 g/mol. The minimum absolute atomic E-state index is 0.143. The smallest absolute Gasteiger partial charge is 0.187 e. The van der Waals surface area contributed by atoms with Gasteiger partial charge in [-0.05, 0) is 37.8 Å². The van der Waals surface area contributed by atoms with E-state index in [0.29, 0.717) is 0 Å². The van der Waals surface area contributed by atoms with Crippen molar-refractivity contribution in [3.05, 3.63) is 47.7 Å². The average molecular weight is 239 g/mol. The van der Waals surface area contributed by atoms with Gasteiger partial charge < -0.3 is 4.98 Å². The van der Waals surface area contributed by atoms with Crippen molar-refractivity contribution < 1.29 is 4.79 Å². The van der Waals surface area contributed by atoms with Gasteiger partial charge in [0.15, 0.2) is 5.78 Å². The van der Waals surface area contributed by atoms with Crippen molar-refractivity contribution in [2.45, 2.75) is 32.1 Å². The highest BCUT2D eigenvalue weighted by molar-refractivity contribution is 6.13. The summed E-state index contributed by atoms with van der Waals surface area (Å²) in [5.74, 6) is 0.143. The molecule has 1 aromatic heterocycles. The molecule has 1 saturated carbocycles. The number of para-hydroxylation sites is 1. The summed E-state index contributed by atoms with van der Waals surface area (Å²) in [6.07, 6.45) is 9.63. The van der Waals surface area contributed by atoms with Crippen molar-refractivity contribution in [1.82, 2.24) is 4.98 Å². The highest BCUT2D eigenvalue weighted by Crippen LogP contribution is 2.24. The van der Waals surface area contributed by atoms with E-state index in [9.17, 15) is 4.79 Å². The van der Waals surface area contributed by atoms with Crippen LogP contribution in [-0.2, 0) is 0 Å². The molecule has 1 aliphatic carbocycles. The zero-order chi connectivity index (χ0) is 12.4. The van der Waals surface area contributed by atoms with Crippen LogP contribution >= 0.6 is 0 Å². The Balaban J connectivity index is 1.92. The predicted octanol–water partition coefficient (Wildman–Crippen LogP) is 4.24. The molecule has 2 aromatic rings. The van der Waals surface area contributed by atoms with E-state index in [0.717, 1.165) is 29.3 Å². The van der Waals surface area contributed by atoms with E-state index in [1.165, 1.54) is 24.8 Å². The Morgan fingerprint density at radius 1 is 1.11 bits per heavy atom. The van der Waals surface area contributed by atoms with Gasteiger partial charge in [0.05, 0.1) is 0 Å².